The van der Waals surface area contributed by atoms with E-state index in [1.807, 2.05) is 0 Å². The van der Waals surface area contributed by atoms with E-state index in [1.165, 1.54) is 47.7 Å². The van der Waals surface area contributed by atoms with Gasteiger partial charge in [0.15, 0.2) is 0 Å². The molecule has 6 heteroatoms. The summed E-state index contributed by atoms with van der Waals surface area (Å²) in [6.07, 6.45) is 0. The zero-order chi connectivity index (χ0) is 41.5. The summed E-state index contributed by atoms with van der Waals surface area (Å²) in [5.41, 5.74) is 0. The van der Waals surface area contributed by atoms with Crippen molar-refractivity contribution in [1.29, 1.82) is 0 Å². The van der Waals surface area contributed by atoms with E-state index < -0.39 is 23.8 Å². The summed E-state index contributed by atoms with van der Waals surface area (Å²) in [5.74, 6) is 0.972. The zero-order valence-electron chi connectivity index (χ0n) is 33.4. The van der Waals surface area contributed by atoms with Crippen LogP contribution in [0.3, 0.4) is 0 Å². The summed E-state index contributed by atoms with van der Waals surface area (Å²) < 4.78 is 0. The smallest absolute Gasteiger partial charge is 0 e. The largest absolute Gasteiger partial charge is 0.525 e. The minimum Gasteiger partial charge on any atom is -0.525 e. The Morgan fingerprint density at radius 1 is 0.230 bits per heavy atom. The number of hydrogen-bond acceptors (Lipinski definition) is 1. The summed E-state index contributed by atoms with van der Waals surface area (Å²) >= 11 is 4.19. The quantitative estimate of drug-likeness (QED) is 0.0610. The molecule has 0 saturated heterocycles. The third kappa shape index (κ3) is 14.5. The van der Waals surface area contributed by atoms with Crippen molar-refractivity contribution in [2.45, 2.75) is 0 Å². The summed E-state index contributed by atoms with van der Waals surface area (Å²) in [7, 11) is -1.34. The van der Waals surface area contributed by atoms with Gasteiger partial charge >= 0.3 is 0 Å². The fourth-order valence-electron chi connectivity index (χ4n) is 6.54. The van der Waals surface area contributed by atoms with E-state index in [9.17, 15) is 0 Å². The van der Waals surface area contributed by atoms with Crippen molar-refractivity contribution in [3.05, 3.63) is 273 Å². The van der Waals surface area contributed by atoms with Gasteiger partial charge in [-0.05, 0) is 71.5 Å². The molecule has 0 unspecified atom stereocenters. The van der Waals surface area contributed by atoms with Crippen LogP contribution < -0.4 is 47.7 Å². The first-order valence-corrected chi connectivity index (χ1v) is 24.0. The molecule has 0 aliphatic carbocycles. The van der Waals surface area contributed by atoms with Gasteiger partial charge in [0, 0.05) is 19.5 Å². The van der Waals surface area contributed by atoms with E-state index in [0.717, 1.165) is 5.75 Å². The Morgan fingerprint density at radius 2 is 0.311 bits per heavy atom. The van der Waals surface area contributed by atoms with Crippen LogP contribution in [0.5, 0.6) is 0 Å². The normalized spacial score (nSPS) is 10.1. The van der Waals surface area contributed by atoms with Crippen LogP contribution in [0.15, 0.2) is 273 Å². The number of carbonyl (C=O) groups excluding carboxylic acids is 1. The molecule has 0 bridgehead atoms. The first-order chi connectivity index (χ1) is 29.8. The standard InChI is InChI=1S/3C18H15P.CClO.Rh/c3*1-4-10-16(11-5-1)19(17-12-6-2-7-13-17)18-14-8-3-9-15-18;2-1-3;/h3*1-15H;;/q;;;-1;. The minimum absolute atomic E-state index is 0. The fraction of sp³-hybridized carbons (Fsp3) is 0. The van der Waals surface area contributed by atoms with Crippen LogP contribution >= 0.6 is 35.4 Å². The Labute approximate surface area is 383 Å². The van der Waals surface area contributed by atoms with Gasteiger partial charge in [0.2, 0.25) is 0 Å². The van der Waals surface area contributed by atoms with Gasteiger partial charge in [0.25, 0.3) is 0 Å². The van der Waals surface area contributed by atoms with Gasteiger partial charge in [-0.1, -0.05) is 273 Å². The molecule has 0 heterocycles. The summed E-state index contributed by atoms with van der Waals surface area (Å²) in [6.45, 7) is 0. The zero-order valence-corrected chi connectivity index (χ0v) is 38.5. The van der Waals surface area contributed by atoms with E-state index in [-0.39, 0.29) is 19.5 Å². The molecule has 0 fully saturated rings. The summed E-state index contributed by atoms with van der Waals surface area (Å²) in [6, 6.07) is 97.0. The molecule has 0 aliphatic heterocycles. The van der Waals surface area contributed by atoms with Crippen molar-refractivity contribution in [2.24, 2.45) is 0 Å². The predicted molar refractivity (Wildman–Crippen MR) is 267 cm³/mol. The van der Waals surface area contributed by atoms with Crippen LogP contribution in [0, 0.1) is 0 Å². The van der Waals surface area contributed by atoms with Crippen LogP contribution in [-0.4, -0.2) is 5.75 Å². The molecule has 303 valence electrons. The van der Waals surface area contributed by atoms with Gasteiger partial charge in [-0.2, -0.15) is 5.75 Å². The molecule has 0 saturated carbocycles. The Kier molecular flexibility index (Phi) is 20.7. The van der Waals surface area contributed by atoms with Crippen LogP contribution in [0.25, 0.3) is 0 Å². The van der Waals surface area contributed by atoms with Gasteiger partial charge in [-0.3, -0.25) is 0 Å². The van der Waals surface area contributed by atoms with E-state index in [0.29, 0.717) is 0 Å². The van der Waals surface area contributed by atoms with Crippen LogP contribution in [0.2, 0.25) is 0 Å². The van der Waals surface area contributed by atoms with Crippen molar-refractivity contribution < 1.29 is 24.3 Å². The maximum Gasteiger partial charge on any atom is 0 e. The van der Waals surface area contributed by atoms with Crippen LogP contribution in [0.1, 0.15) is 0 Å². The van der Waals surface area contributed by atoms with E-state index in [1.54, 1.807) is 0 Å². The first-order valence-electron chi connectivity index (χ1n) is 19.6. The van der Waals surface area contributed by atoms with Crippen molar-refractivity contribution >= 4 is 88.9 Å². The monoisotopic (exact) mass is 952 g/mol. The van der Waals surface area contributed by atoms with Gasteiger partial charge in [-0.15, -0.1) is 0 Å². The first kappa shape index (κ1) is 46.9. The molecule has 9 aromatic rings. The maximum atomic E-state index is 8.45. The Morgan fingerprint density at radius 3 is 0.393 bits per heavy atom. The second-order valence-electron chi connectivity index (χ2n) is 13.1. The second kappa shape index (κ2) is 26.9. The van der Waals surface area contributed by atoms with E-state index in [4.69, 9.17) is 4.79 Å². The predicted octanol–water partition coefficient (Wildman–Crippen LogP) is 10.6. The summed E-state index contributed by atoms with van der Waals surface area (Å²) in [5, 5.41) is 12.6. The summed E-state index contributed by atoms with van der Waals surface area (Å²) in [4.78, 5) is 8.45. The molecular formula is C55H45ClOP3Rh-. The number of benzene rings is 9. The minimum atomic E-state index is -0.446. The molecular weight excluding hydrogens is 908 g/mol. The Balaban J connectivity index is 0.000000166. The van der Waals surface area contributed by atoms with Gasteiger partial charge < -0.3 is 16.4 Å². The van der Waals surface area contributed by atoms with Crippen molar-refractivity contribution in [1.82, 2.24) is 0 Å². The fourth-order valence-corrected chi connectivity index (χ4v) is 13.5. The molecule has 61 heavy (non-hydrogen) atoms. The van der Waals surface area contributed by atoms with Gasteiger partial charge in [0.05, 0.1) is 0 Å². The molecule has 9 aromatic carbocycles. The second-order valence-corrected chi connectivity index (χ2v) is 19.9. The van der Waals surface area contributed by atoms with Crippen LogP contribution in [-0.2, 0) is 24.3 Å². The van der Waals surface area contributed by atoms with Crippen LogP contribution in [0.4, 0.5) is 0 Å². The third-order valence-electron chi connectivity index (χ3n) is 9.13. The maximum absolute atomic E-state index is 8.45. The van der Waals surface area contributed by atoms with Gasteiger partial charge in [0.1, 0.15) is 0 Å². The number of hydrogen-bond donors (Lipinski definition) is 0. The average Bonchev–Trinajstić information content (AvgIpc) is 3.33. The molecule has 0 atom stereocenters. The molecule has 1 radical (unpaired) electrons. The van der Waals surface area contributed by atoms with Crippen molar-refractivity contribution in [3.8, 4) is 0 Å². The Bertz CT molecular complexity index is 1930. The van der Waals surface area contributed by atoms with Crippen molar-refractivity contribution in [3.63, 3.8) is 0 Å². The molecule has 0 amide bonds. The molecule has 0 aromatic heterocycles. The number of rotatable bonds is 9. The Hall–Kier alpha value is -5.15. The average molecular weight is 953 g/mol. The number of halogens is 1. The molecule has 0 spiro atoms. The SMILES string of the molecule is O=[C-]Cl.[Rh].c1ccc(P(c2ccccc2)c2ccccc2)cc1.c1ccc(P(c2ccccc2)c2ccccc2)cc1.c1ccc(P(c2ccccc2)c2ccccc2)cc1. The molecule has 9 rings (SSSR count). The molecule has 0 N–H and O–H groups in total. The molecule has 0 aliphatic rings. The molecule has 1 nitrogen and oxygen atoms in total. The topological polar surface area (TPSA) is 17.1 Å². The van der Waals surface area contributed by atoms with Gasteiger partial charge in [-0.25, -0.2) is 0 Å². The van der Waals surface area contributed by atoms with E-state index >= 15 is 0 Å². The van der Waals surface area contributed by atoms with Crippen molar-refractivity contribution in [2.75, 3.05) is 0 Å². The van der Waals surface area contributed by atoms with E-state index in [2.05, 4.69) is 285 Å². The third-order valence-corrected chi connectivity index (χ3v) is 16.5.